The second-order valence-electron chi connectivity index (χ2n) is 7.45. The maximum absolute atomic E-state index is 12.4. The number of benzene rings is 1. The Bertz CT molecular complexity index is 526. The van der Waals surface area contributed by atoms with E-state index in [1.165, 1.54) is 9.14 Å². The molecular weight excluding hydrogens is 357 g/mol. The van der Waals surface area contributed by atoms with Crippen LogP contribution in [0.5, 0.6) is 0 Å². The molecule has 4 heteroatoms. The summed E-state index contributed by atoms with van der Waals surface area (Å²) in [4.78, 5) is 21.4. The molecule has 0 N–H and O–H groups in total. The number of rotatable bonds is 1. The van der Waals surface area contributed by atoms with Gasteiger partial charge in [0, 0.05) is 0 Å². The van der Waals surface area contributed by atoms with Crippen LogP contribution in [0.1, 0.15) is 26.3 Å². The number of fused-ring (bicyclic) bond motifs is 1. The van der Waals surface area contributed by atoms with Gasteiger partial charge in [0.1, 0.15) is 0 Å². The van der Waals surface area contributed by atoms with Crippen LogP contribution in [-0.4, -0.2) is 36.6 Å². The number of nitrogens with zero attached hydrogens (tertiary/aromatic N) is 1. The van der Waals surface area contributed by atoms with Gasteiger partial charge in [0.2, 0.25) is 0 Å². The van der Waals surface area contributed by atoms with Gasteiger partial charge in [0.25, 0.3) is 0 Å². The number of amides is 1. The average Bonchev–Trinajstić information content (AvgIpc) is 2.68. The van der Waals surface area contributed by atoms with Crippen molar-refractivity contribution in [3.05, 3.63) is 23.8 Å². The average molecular weight is 382 g/mol. The Morgan fingerprint density at radius 3 is 2.45 bits per heavy atom. The van der Waals surface area contributed by atoms with Crippen molar-refractivity contribution in [1.29, 1.82) is 0 Å². The topological polar surface area (TPSA) is 29.5 Å². The zero-order valence-corrected chi connectivity index (χ0v) is 16.3. The summed E-state index contributed by atoms with van der Waals surface area (Å²) in [6.07, 6.45) is 0.726. The first kappa shape index (κ1) is 15.7. The normalized spacial score (nSPS) is 15.2. The second kappa shape index (κ2) is 5.24. The number of hydrogen-bond donors (Lipinski definition) is 0. The van der Waals surface area contributed by atoms with Gasteiger partial charge in [-0.3, -0.25) is 0 Å². The number of hydrogen-bond acceptors (Lipinski definition) is 2. The summed E-state index contributed by atoms with van der Waals surface area (Å²) in [6.45, 7) is 6.48. The van der Waals surface area contributed by atoms with Crippen molar-refractivity contribution in [2.75, 3.05) is 11.4 Å². The fraction of sp³-hybridized carbons (Fsp3) is 0.562. The number of ether oxygens (including phenoxy) is 1. The molecule has 0 atom stereocenters. The van der Waals surface area contributed by atoms with E-state index in [1.807, 2.05) is 25.7 Å². The molecule has 20 heavy (non-hydrogen) atoms. The van der Waals surface area contributed by atoms with Gasteiger partial charge in [0.05, 0.1) is 0 Å². The molecule has 0 spiro atoms. The van der Waals surface area contributed by atoms with Gasteiger partial charge in [-0.05, 0) is 0 Å². The van der Waals surface area contributed by atoms with E-state index in [4.69, 9.17) is 4.74 Å². The monoisotopic (exact) mass is 383 g/mol. The summed E-state index contributed by atoms with van der Waals surface area (Å²) < 4.78 is 6.97. The fourth-order valence-corrected chi connectivity index (χ4v) is 7.13. The third-order valence-electron chi connectivity index (χ3n) is 3.42. The van der Waals surface area contributed by atoms with Crippen LogP contribution in [0.25, 0.3) is 0 Å². The van der Waals surface area contributed by atoms with Crippen molar-refractivity contribution >= 4 is 33.7 Å². The number of carbonyl (C=O) groups excluding carboxylic acids is 1. The molecule has 0 fully saturated rings. The predicted octanol–water partition coefficient (Wildman–Crippen LogP) is 3.53. The SMILES string of the molecule is CC(C)(C)OC(=O)N1CCc2ccc[c]([Sn]([CH3])([CH3])[CH3])c21. The molecule has 1 aliphatic heterocycles. The molecule has 1 heterocycles. The Hall–Kier alpha value is -0.711. The van der Waals surface area contributed by atoms with E-state index in [9.17, 15) is 4.79 Å². The molecule has 0 saturated heterocycles. The molecule has 2 rings (SSSR count). The third-order valence-corrected chi connectivity index (χ3v) is 9.18. The molecular formula is C16H25NO2Sn. The number of anilines is 1. The Morgan fingerprint density at radius 1 is 1.25 bits per heavy atom. The fourth-order valence-electron chi connectivity index (χ4n) is 2.56. The van der Waals surface area contributed by atoms with Gasteiger partial charge >= 0.3 is 126 Å². The van der Waals surface area contributed by atoms with Crippen molar-refractivity contribution in [3.8, 4) is 0 Å². The van der Waals surface area contributed by atoms with E-state index in [2.05, 4.69) is 33.0 Å². The van der Waals surface area contributed by atoms with E-state index in [1.54, 1.807) is 0 Å². The van der Waals surface area contributed by atoms with Crippen molar-refractivity contribution in [3.63, 3.8) is 0 Å². The molecule has 1 aromatic carbocycles. The standard InChI is InChI=1S/C13H16NO2.3CH3.Sn/c1-13(2,3)16-12(15)14-9-8-10-6-4-5-7-11(10)14;;;;/h4-6H,8-9H2,1-3H3;3*1H3;. The Morgan fingerprint density at radius 2 is 1.90 bits per heavy atom. The third kappa shape index (κ3) is 3.30. The molecule has 0 bridgehead atoms. The summed E-state index contributed by atoms with van der Waals surface area (Å²) in [7, 11) is 0. The summed E-state index contributed by atoms with van der Waals surface area (Å²) in [5.74, 6) is 0. The van der Waals surface area contributed by atoms with Crippen LogP contribution >= 0.6 is 0 Å². The minimum atomic E-state index is -2.25. The Kier molecular flexibility index (Phi) is 4.11. The van der Waals surface area contributed by atoms with Crippen LogP contribution in [0.4, 0.5) is 10.5 Å². The first-order chi connectivity index (χ1) is 9.09. The van der Waals surface area contributed by atoms with Crippen molar-refractivity contribution in [1.82, 2.24) is 0 Å². The zero-order valence-electron chi connectivity index (χ0n) is 13.4. The summed E-state index contributed by atoms with van der Waals surface area (Å²) in [5, 5.41) is 0. The number of carbonyl (C=O) groups is 1. The van der Waals surface area contributed by atoms with Gasteiger partial charge in [-0.15, -0.1) is 0 Å². The molecule has 3 nitrogen and oxygen atoms in total. The molecule has 0 aromatic heterocycles. The molecule has 0 unspecified atom stereocenters. The van der Waals surface area contributed by atoms with Crippen LogP contribution in [0, 0.1) is 0 Å². The van der Waals surface area contributed by atoms with Crippen LogP contribution in [0.15, 0.2) is 18.2 Å². The van der Waals surface area contributed by atoms with Crippen LogP contribution in [-0.2, 0) is 11.2 Å². The zero-order chi connectivity index (χ0) is 15.1. The Labute approximate surface area is 126 Å². The van der Waals surface area contributed by atoms with Gasteiger partial charge in [-0.2, -0.15) is 0 Å². The van der Waals surface area contributed by atoms with E-state index in [-0.39, 0.29) is 6.09 Å². The molecule has 110 valence electrons. The van der Waals surface area contributed by atoms with Crippen LogP contribution in [0.3, 0.4) is 0 Å². The first-order valence-electron chi connectivity index (χ1n) is 7.22. The number of para-hydroxylation sites is 1. The minimum absolute atomic E-state index is 0.209. The van der Waals surface area contributed by atoms with Gasteiger partial charge in [-0.1, -0.05) is 0 Å². The molecule has 0 radical (unpaired) electrons. The molecule has 1 amide bonds. The van der Waals surface area contributed by atoms with Crippen molar-refractivity contribution in [2.45, 2.75) is 47.6 Å². The summed E-state index contributed by atoms with van der Waals surface area (Å²) in [6, 6.07) is 6.48. The van der Waals surface area contributed by atoms with E-state index in [0.29, 0.717) is 0 Å². The van der Waals surface area contributed by atoms with Crippen LogP contribution < -0.4 is 8.48 Å². The van der Waals surface area contributed by atoms with Crippen molar-refractivity contribution in [2.24, 2.45) is 0 Å². The van der Waals surface area contributed by atoms with Crippen LogP contribution in [0.2, 0.25) is 14.8 Å². The second-order valence-corrected chi connectivity index (χ2v) is 21.8. The molecule has 1 aliphatic rings. The predicted molar refractivity (Wildman–Crippen MR) is 86.7 cm³/mol. The van der Waals surface area contributed by atoms with E-state index < -0.39 is 24.0 Å². The molecule has 0 saturated carbocycles. The summed E-state index contributed by atoms with van der Waals surface area (Å²) >= 11 is -2.25. The van der Waals surface area contributed by atoms with E-state index in [0.717, 1.165) is 18.7 Å². The maximum atomic E-state index is 12.4. The summed E-state index contributed by atoms with van der Waals surface area (Å²) in [5.41, 5.74) is 1.99. The Balaban J connectivity index is 2.39. The molecule has 0 aliphatic carbocycles. The van der Waals surface area contributed by atoms with Crippen molar-refractivity contribution < 1.29 is 9.53 Å². The van der Waals surface area contributed by atoms with E-state index >= 15 is 0 Å². The van der Waals surface area contributed by atoms with Gasteiger partial charge < -0.3 is 0 Å². The first-order valence-corrected chi connectivity index (χ1v) is 17.2. The van der Waals surface area contributed by atoms with Gasteiger partial charge in [0.15, 0.2) is 0 Å². The molecule has 1 aromatic rings. The quantitative estimate of drug-likeness (QED) is 0.696. The van der Waals surface area contributed by atoms with Gasteiger partial charge in [-0.25, -0.2) is 0 Å².